The Hall–Kier alpha value is -0.940. The third-order valence-electron chi connectivity index (χ3n) is 4.10. The monoisotopic (exact) mass is 277 g/mol. The molecule has 1 aliphatic heterocycles. The molecule has 1 saturated heterocycles. The molecule has 0 atom stereocenters. The van der Waals surface area contributed by atoms with Gasteiger partial charge in [0.15, 0.2) is 0 Å². The summed E-state index contributed by atoms with van der Waals surface area (Å²) >= 11 is 0. The fourth-order valence-electron chi connectivity index (χ4n) is 2.71. The van der Waals surface area contributed by atoms with Crippen molar-refractivity contribution in [3.05, 3.63) is 34.9 Å². The molecule has 4 heteroatoms. The number of piperazine rings is 1. The number of rotatable bonds is 6. The van der Waals surface area contributed by atoms with Crippen LogP contribution in [0.25, 0.3) is 0 Å². The second kappa shape index (κ2) is 7.74. The zero-order valence-corrected chi connectivity index (χ0v) is 12.8. The van der Waals surface area contributed by atoms with Gasteiger partial charge in [-0.25, -0.2) is 0 Å². The van der Waals surface area contributed by atoms with Crippen molar-refractivity contribution < 1.29 is 4.74 Å². The number of hydrogen-bond acceptors (Lipinski definition) is 4. The second-order valence-electron chi connectivity index (χ2n) is 5.49. The Bertz CT molecular complexity index is 414. The normalized spacial score (nSPS) is 17.6. The lowest BCUT2D eigenvalue weighted by Gasteiger charge is -2.34. The zero-order valence-electron chi connectivity index (χ0n) is 12.8. The van der Waals surface area contributed by atoms with Gasteiger partial charge in [0.25, 0.3) is 0 Å². The minimum Gasteiger partial charge on any atom is -0.362 e. The third-order valence-corrected chi connectivity index (χ3v) is 4.10. The van der Waals surface area contributed by atoms with Crippen LogP contribution in [0.1, 0.15) is 23.6 Å². The Morgan fingerprint density at radius 2 is 1.85 bits per heavy atom. The second-order valence-corrected chi connectivity index (χ2v) is 5.49. The van der Waals surface area contributed by atoms with Crippen molar-refractivity contribution in [1.29, 1.82) is 0 Å². The zero-order chi connectivity index (χ0) is 14.4. The number of nitrogens with zero attached hydrogens (tertiary/aromatic N) is 2. The van der Waals surface area contributed by atoms with Gasteiger partial charge in [0.1, 0.15) is 0 Å². The molecule has 1 fully saturated rings. The highest BCUT2D eigenvalue weighted by Crippen LogP contribution is 2.15. The summed E-state index contributed by atoms with van der Waals surface area (Å²) in [5.74, 6) is 0. The fourth-order valence-corrected chi connectivity index (χ4v) is 2.71. The van der Waals surface area contributed by atoms with Crippen LogP contribution < -0.4 is 5.73 Å². The Balaban J connectivity index is 1.90. The van der Waals surface area contributed by atoms with E-state index in [1.165, 1.54) is 49.4 Å². The predicted molar refractivity (Wildman–Crippen MR) is 82.4 cm³/mol. The molecule has 2 N–H and O–H groups in total. The predicted octanol–water partition coefficient (Wildman–Crippen LogP) is 1.57. The summed E-state index contributed by atoms with van der Waals surface area (Å²) in [6.45, 7) is 12.3. The van der Waals surface area contributed by atoms with Crippen LogP contribution >= 0.6 is 0 Å². The Kier molecular flexibility index (Phi) is 5.98. The van der Waals surface area contributed by atoms with E-state index in [0.717, 1.165) is 6.54 Å². The first-order valence-electron chi connectivity index (χ1n) is 7.54. The van der Waals surface area contributed by atoms with Gasteiger partial charge in [0.05, 0.1) is 13.3 Å². The van der Waals surface area contributed by atoms with Crippen molar-refractivity contribution in [3.8, 4) is 0 Å². The maximum absolute atomic E-state index is 5.36. The SMILES string of the molecule is CCN1CCN(Cc2ccc(COCN)cc2C)CC1. The molecular formula is C16H27N3O. The van der Waals surface area contributed by atoms with Crippen molar-refractivity contribution in [2.75, 3.05) is 39.5 Å². The van der Waals surface area contributed by atoms with Gasteiger partial charge in [0.2, 0.25) is 0 Å². The van der Waals surface area contributed by atoms with Crippen LogP contribution in [0.15, 0.2) is 18.2 Å². The minimum absolute atomic E-state index is 0.280. The molecule has 4 nitrogen and oxygen atoms in total. The molecule has 0 aromatic heterocycles. The highest BCUT2D eigenvalue weighted by Gasteiger charge is 2.16. The number of benzene rings is 1. The van der Waals surface area contributed by atoms with Gasteiger partial charge in [-0.2, -0.15) is 0 Å². The van der Waals surface area contributed by atoms with Crippen molar-refractivity contribution in [1.82, 2.24) is 9.80 Å². The summed E-state index contributed by atoms with van der Waals surface area (Å²) in [7, 11) is 0. The largest absolute Gasteiger partial charge is 0.362 e. The quantitative estimate of drug-likeness (QED) is 0.801. The Morgan fingerprint density at radius 1 is 1.15 bits per heavy atom. The number of hydrogen-bond donors (Lipinski definition) is 1. The lowest BCUT2D eigenvalue weighted by Crippen LogP contribution is -2.45. The molecule has 1 aromatic rings. The van der Waals surface area contributed by atoms with Gasteiger partial charge in [-0.1, -0.05) is 25.1 Å². The minimum atomic E-state index is 0.280. The first kappa shape index (κ1) is 15.4. The van der Waals surface area contributed by atoms with Crippen LogP contribution in [0, 0.1) is 6.92 Å². The summed E-state index contributed by atoms with van der Waals surface area (Å²) in [6, 6.07) is 6.60. The van der Waals surface area contributed by atoms with Crippen molar-refractivity contribution in [3.63, 3.8) is 0 Å². The summed E-state index contributed by atoms with van der Waals surface area (Å²) in [5.41, 5.74) is 9.33. The van der Waals surface area contributed by atoms with Crippen molar-refractivity contribution in [2.24, 2.45) is 5.73 Å². The molecule has 0 radical (unpaired) electrons. The number of ether oxygens (including phenoxy) is 1. The molecule has 1 aromatic carbocycles. The Morgan fingerprint density at radius 3 is 2.45 bits per heavy atom. The van der Waals surface area contributed by atoms with E-state index in [4.69, 9.17) is 10.5 Å². The number of likely N-dealkylation sites (N-methyl/N-ethyl adjacent to an activating group) is 1. The van der Waals surface area contributed by atoms with E-state index in [9.17, 15) is 0 Å². The van der Waals surface area contributed by atoms with Crippen LogP contribution in [0.2, 0.25) is 0 Å². The van der Waals surface area contributed by atoms with Gasteiger partial charge in [-0.05, 0) is 30.2 Å². The van der Waals surface area contributed by atoms with E-state index in [-0.39, 0.29) is 6.73 Å². The van der Waals surface area contributed by atoms with E-state index in [2.05, 4.69) is 41.8 Å². The summed E-state index contributed by atoms with van der Waals surface area (Å²) in [4.78, 5) is 5.06. The average molecular weight is 277 g/mol. The highest BCUT2D eigenvalue weighted by molar-refractivity contribution is 5.30. The Labute approximate surface area is 122 Å². The van der Waals surface area contributed by atoms with E-state index in [1.807, 2.05) is 0 Å². The van der Waals surface area contributed by atoms with Gasteiger partial charge in [-0.15, -0.1) is 0 Å². The van der Waals surface area contributed by atoms with E-state index in [0.29, 0.717) is 6.61 Å². The molecule has 20 heavy (non-hydrogen) atoms. The standard InChI is InChI=1S/C16H27N3O/c1-3-18-6-8-19(9-7-18)11-16-5-4-15(10-14(16)2)12-20-13-17/h4-5,10H,3,6-9,11-13,17H2,1-2H3. The van der Waals surface area contributed by atoms with Crippen LogP contribution in [0.3, 0.4) is 0 Å². The first-order chi connectivity index (χ1) is 9.72. The first-order valence-corrected chi connectivity index (χ1v) is 7.54. The lowest BCUT2D eigenvalue weighted by molar-refractivity contribution is 0.127. The molecule has 1 aliphatic rings. The van der Waals surface area contributed by atoms with Crippen molar-refractivity contribution in [2.45, 2.75) is 27.0 Å². The van der Waals surface area contributed by atoms with Crippen LogP contribution in [0.4, 0.5) is 0 Å². The average Bonchev–Trinajstić information content (AvgIpc) is 2.48. The number of aryl methyl sites for hydroxylation is 1. The summed E-state index contributed by atoms with van der Waals surface area (Å²) in [5, 5.41) is 0. The molecule has 0 aliphatic carbocycles. The van der Waals surface area contributed by atoms with Crippen molar-refractivity contribution >= 4 is 0 Å². The van der Waals surface area contributed by atoms with E-state index >= 15 is 0 Å². The molecule has 1 heterocycles. The molecule has 0 saturated carbocycles. The van der Waals surface area contributed by atoms with Gasteiger partial charge in [-0.3, -0.25) is 4.90 Å². The smallest absolute Gasteiger partial charge is 0.0944 e. The van der Waals surface area contributed by atoms with Crippen LogP contribution in [-0.2, 0) is 17.9 Å². The van der Waals surface area contributed by atoms with Gasteiger partial charge < -0.3 is 15.4 Å². The van der Waals surface area contributed by atoms with Crippen LogP contribution in [0.5, 0.6) is 0 Å². The highest BCUT2D eigenvalue weighted by atomic mass is 16.5. The molecular weight excluding hydrogens is 250 g/mol. The summed E-state index contributed by atoms with van der Waals surface area (Å²) in [6.07, 6.45) is 0. The maximum Gasteiger partial charge on any atom is 0.0944 e. The molecule has 0 spiro atoms. The lowest BCUT2D eigenvalue weighted by atomic mass is 10.0. The summed E-state index contributed by atoms with van der Waals surface area (Å²) < 4.78 is 5.25. The molecule has 112 valence electrons. The molecule has 0 amide bonds. The van der Waals surface area contributed by atoms with E-state index < -0.39 is 0 Å². The third kappa shape index (κ3) is 4.28. The molecule has 0 unspecified atom stereocenters. The molecule has 0 bridgehead atoms. The van der Waals surface area contributed by atoms with E-state index in [1.54, 1.807) is 0 Å². The van der Waals surface area contributed by atoms with Gasteiger partial charge in [0, 0.05) is 32.7 Å². The maximum atomic E-state index is 5.36. The van der Waals surface area contributed by atoms with Gasteiger partial charge >= 0.3 is 0 Å². The molecule has 2 rings (SSSR count). The van der Waals surface area contributed by atoms with Crippen LogP contribution in [-0.4, -0.2) is 49.3 Å². The number of nitrogens with two attached hydrogens (primary N) is 1. The topological polar surface area (TPSA) is 41.7 Å². The fraction of sp³-hybridized carbons (Fsp3) is 0.625.